The summed E-state index contributed by atoms with van der Waals surface area (Å²) in [5.41, 5.74) is 5.89. The number of fused-ring (bicyclic) bond motifs is 1. The van der Waals surface area contributed by atoms with Crippen LogP contribution in [-0.2, 0) is 4.79 Å². The maximum absolute atomic E-state index is 10.8. The normalized spacial score (nSPS) is 31.5. The topological polar surface area (TPSA) is 55.5 Å². The monoisotopic (exact) mass is 162 g/mol. The number of carbonyl (C=O) groups excluding carboxylic acids is 1. The molecule has 0 saturated carbocycles. The van der Waals surface area contributed by atoms with Crippen LogP contribution in [0.4, 0.5) is 0 Å². The Hall–Kier alpha value is -1.38. The Bertz CT molecular complexity index is 302. The molecule has 62 valence electrons. The molecular formula is C9H10N2O. The van der Waals surface area contributed by atoms with Crippen LogP contribution in [0.5, 0.6) is 0 Å². The lowest BCUT2D eigenvalue weighted by Gasteiger charge is -2.12. The quantitative estimate of drug-likeness (QED) is 0.597. The highest BCUT2D eigenvalue weighted by atomic mass is 16.1. The van der Waals surface area contributed by atoms with Gasteiger partial charge >= 0.3 is 0 Å². The smallest absolute Gasteiger partial charge is 0.244 e. The summed E-state index contributed by atoms with van der Waals surface area (Å²) >= 11 is 0. The standard InChI is InChI=1S/C9H10N2O/c10-9(12)7-4-6-2-1-3-11-8(6)5-7/h1-3,5-6,8H,4H2,(H2,10,12). The number of rotatable bonds is 1. The van der Waals surface area contributed by atoms with Crippen LogP contribution in [0.15, 0.2) is 28.8 Å². The summed E-state index contributed by atoms with van der Waals surface area (Å²) in [7, 11) is 0. The third kappa shape index (κ3) is 1.07. The van der Waals surface area contributed by atoms with Gasteiger partial charge in [0.2, 0.25) is 5.91 Å². The van der Waals surface area contributed by atoms with Crippen molar-refractivity contribution in [3.05, 3.63) is 23.8 Å². The molecule has 3 heteroatoms. The van der Waals surface area contributed by atoms with E-state index in [1.807, 2.05) is 12.2 Å². The third-order valence-electron chi connectivity index (χ3n) is 2.29. The summed E-state index contributed by atoms with van der Waals surface area (Å²) in [5.74, 6) is 0.0468. The number of amides is 1. The second-order valence-electron chi connectivity index (χ2n) is 3.10. The summed E-state index contributed by atoms with van der Waals surface area (Å²) in [6.45, 7) is 0. The number of nitrogens with two attached hydrogens (primary N) is 1. The first-order valence-corrected chi connectivity index (χ1v) is 3.98. The van der Waals surface area contributed by atoms with Gasteiger partial charge in [-0.1, -0.05) is 12.2 Å². The number of hydrogen-bond acceptors (Lipinski definition) is 2. The molecule has 2 atom stereocenters. The predicted molar refractivity (Wildman–Crippen MR) is 46.8 cm³/mol. The molecule has 0 fully saturated rings. The lowest BCUT2D eigenvalue weighted by atomic mass is 10.00. The Morgan fingerprint density at radius 3 is 3.17 bits per heavy atom. The predicted octanol–water partition coefficient (Wildman–Crippen LogP) is 0.427. The molecule has 2 unspecified atom stereocenters. The van der Waals surface area contributed by atoms with E-state index in [0.717, 1.165) is 6.42 Å². The first-order chi connectivity index (χ1) is 5.77. The number of dihydropyridines is 1. The first-order valence-electron chi connectivity index (χ1n) is 3.98. The van der Waals surface area contributed by atoms with Crippen LogP contribution in [0, 0.1) is 5.92 Å². The molecule has 0 radical (unpaired) electrons. The van der Waals surface area contributed by atoms with Gasteiger partial charge in [0.1, 0.15) is 0 Å². The molecule has 2 rings (SSSR count). The van der Waals surface area contributed by atoms with Gasteiger partial charge in [-0.3, -0.25) is 9.79 Å². The van der Waals surface area contributed by atoms with Gasteiger partial charge in [-0.2, -0.15) is 0 Å². The number of hydrogen-bond donors (Lipinski definition) is 1. The maximum Gasteiger partial charge on any atom is 0.244 e. The van der Waals surface area contributed by atoms with Gasteiger partial charge in [0.15, 0.2) is 0 Å². The van der Waals surface area contributed by atoms with Crippen LogP contribution in [0.25, 0.3) is 0 Å². The molecule has 2 aliphatic rings. The second kappa shape index (κ2) is 2.59. The van der Waals surface area contributed by atoms with Gasteiger partial charge in [-0.05, 0) is 12.5 Å². The molecule has 1 aliphatic heterocycles. The summed E-state index contributed by atoms with van der Waals surface area (Å²) < 4.78 is 0. The first kappa shape index (κ1) is 7.28. The van der Waals surface area contributed by atoms with E-state index >= 15 is 0 Å². The molecule has 1 aliphatic carbocycles. The van der Waals surface area contributed by atoms with Crippen LogP contribution < -0.4 is 5.73 Å². The molecule has 0 saturated heterocycles. The number of primary amides is 1. The summed E-state index contributed by atoms with van der Waals surface area (Å²) in [6.07, 6.45) is 8.37. The highest BCUT2D eigenvalue weighted by molar-refractivity contribution is 5.93. The molecule has 0 bridgehead atoms. The maximum atomic E-state index is 10.8. The van der Waals surface area contributed by atoms with Crippen molar-refractivity contribution in [1.29, 1.82) is 0 Å². The highest BCUT2D eigenvalue weighted by Gasteiger charge is 2.27. The number of nitrogens with zero attached hydrogens (tertiary/aromatic N) is 1. The van der Waals surface area contributed by atoms with Crippen molar-refractivity contribution in [2.24, 2.45) is 16.6 Å². The fraction of sp³-hybridized carbons (Fsp3) is 0.333. The van der Waals surface area contributed by atoms with Crippen molar-refractivity contribution in [3.8, 4) is 0 Å². The molecule has 0 aromatic carbocycles. The molecule has 0 aromatic heterocycles. The van der Waals surface area contributed by atoms with E-state index in [1.54, 1.807) is 6.21 Å². The third-order valence-corrected chi connectivity index (χ3v) is 2.29. The Labute approximate surface area is 70.7 Å². The van der Waals surface area contributed by atoms with Gasteiger partial charge in [0.25, 0.3) is 0 Å². The minimum atomic E-state index is -0.312. The molecule has 1 heterocycles. The van der Waals surface area contributed by atoms with E-state index in [9.17, 15) is 4.79 Å². The molecule has 2 N–H and O–H groups in total. The zero-order chi connectivity index (χ0) is 8.55. The van der Waals surface area contributed by atoms with Crippen LogP contribution in [0.2, 0.25) is 0 Å². The average molecular weight is 162 g/mol. The Morgan fingerprint density at radius 1 is 1.67 bits per heavy atom. The largest absolute Gasteiger partial charge is 0.366 e. The molecule has 3 nitrogen and oxygen atoms in total. The highest BCUT2D eigenvalue weighted by Crippen LogP contribution is 2.29. The summed E-state index contributed by atoms with van der Waals surface area (Å²) in [6, 6.07) is 0.150. The molecular weight excluding hydrogens is 152 g/mol. The van der Waals surface area contributed by atoms with Crippen LogP contribution >= 0.6 is 0 Å². The number of aliphatic imine (C=N–C) groups is 1. The zero-order valence-corrected chi connectivity index (χ0v) is 6.60. The second-order valence-corrected chi connectivity index (χ2v) is 3.10. The van der Waals surface area contributed by atoms with Gasteiger partial charge in [0.05, 0.1) is 6.04 Å². The Balaban J connectivity index is 2.21. The van der Waals surface area contributed by atoms with E-state index in [0.29, 0.717) is 11.5 Å². The van der Waals surface area contributed by atoms with Crippen LogP contribution in [0.3, 0.4) is 0 Å². The van der Waals surface area contributed by atoms with Gasteiger partial charge in [-0.15, -0.1) is 0 Å². The van der Waals surface area contributed by atoms with Crippen LogP contribution in [0.1, 0.15) is 6.42 Å². The van der Waals surface area contributed by atoms with Crippen molar-refractivity contribution in [1.82, 2.24) is 0 Å². The minimum absolute atomic E-state index is 0.150. The lowest BCUT2D eigenvalue weighted by Crippen LogP contribution is -2.13. The number of carbonyl (C=O) groups is 1. The van der Waals surface area contributed by atoms with Crippen LogP contribution in [-0.4, -0.2) is 18.2 Å². The van der Waals surface area contributed by atoms with E-state index in [2.05, 4.69) is 11.1 Å². The van der Waals surface area contributed by atoms with Gasteiger partial charge < -0.3 is 5.73 Å². The SMILES string of the molecule is NC(=O)C1=CC2N=CC=CC2C1. The fourth-order valence-corrected chi connectivity index (χ4v) is 1.63. The van der Waals surface area contributed by atoms with Crippen molar-refractivity contribution >= 4 is 12.1 Å². The van der Waals surface area contributed by atoms with Crippen molar-refractivity contribution in [2.45, 2.75) is 12.5 Å². The Kier molecular flexibility index (Phi) is 1.57. The minimum Gasteiger partial charge on any atom is -0.366 e. The molecule has 12 heavy (non-hydrogen) atoms. The van der Waals surface area contributed by atoms with E-state index in [4.69, 9.17) is 5.73 Å². The average Bonchev–Trinajstić information content (AvgIpc) is 2.46. The van der Waals surface area contributed by atoms with Crippen molar-refractivity contribution in [2.75, 3.05) is 0 Å². The molecule has 1 amide bonds. The van der Waals surface area contributed by atoms with E-state index in [1.165, 1.54) is 0 Å². The van der Waals surface area contributed by atoms with Gasteiger partial charge in [-0.25, -0.2) is 0 Å². The van der Waals surface area contributed by atoms with E-state index < -0.39 is 0 Å². The van der Waals surface area contributed by atoms with Crippen molar-refractivity contribution in [3.63, 3.8) is 0 Å². The number of allylic oxidation sites excluding steroid dienone is 1. The summed E-state index contributed by atoms with van der Waals surface area (Å²) in [5, 5.41) is 0. The summed E-state index contributed by atoms with van der Waals surface area (Å²) in [4.78, 5) is 15.1. The molecule has 0 aromatic rings. The lowest BCUT2D eigenvalue weighted by molar-refractivity contribution is -0.114. The molecule has 0 spiro atoms. The Morgan fingerprint density at radius 2 is 2.50 bits per heavy atom. The zero-order valence-electron chi connectivity index (χ0n) is 6.60. The van der Waals surface area contributed by atoms with Crippen molar-refractivity contribution < 1.29 is 4.79 Å². The van der Waals surface area contributed by atoms with Gasteiger partial charge in [0, 0.05) is 17.7 Å². The fourth-order valence-electron chi connectivity index (χ4n) is 1.63. The van der Waals surface area contributed by atoms with E-state index in [-0.39, 0.29) is 11.9 Å².